The van der Waals surface area contributed by atoms with Crippen molar-refractivity contribution < 1.29 is 4.74 Å². The largest absolute Gasteiger partial charge is 0.497 e. The molecule has 0 unspecified atom stereocenters. The second-order valence-corrected chi connectivity index (χ2v) is 12.2. The van der Waals surface area contributed by atoms with Gasteiger partial charge in [-0.3, -0.25) is 0 Å². The van der Waals surface area contributed by atoms with Crippen molar-refractivity contribution in [1.29, 1.82) is 0 Å². The normalized spacial score (nSPS) is 10.9. The van der Waals surface area contributed by atoms with Gasteiger partial charge in [0.15, 0.2) is 5.82 Å². The first-order valence-corrected chi connectivity index (χ1v) is 16.8. The van der Waals surface area contributed by atoms with Crippen molar-refractivity contribution in [2.24, 2.45) is 0 Å². The Hall–Kier alpha value is -6.58. The van der Waals surface area contributed by atoms with Crippen molar-refractivity contribution in [2.45, 2.75) is 0 Å². The third kappa shape index (κ3) is 6.58. The van der Waals surface area contributed by atoms with Crippen LogP contribution in [-0.4, -0.2) is 17.1 Å². The maximum Gasteiger partial charge on any atom is 0.160 e. The van der Waals surface area contributed by atoms with E-state index in [0.717, 1.165) is 45.0 Å². The topological polar surface area (TPSA) is 35.0 Å². The highest BCUT2D eigenvalue weighted by Crippen LogP contribution is 2.32. The second kappa shape index (κ2) is 13.9. The summed E-state index contributed by atoms with van der Waals surface area (Å²) in [4.78, 5) is 10.1. The maximum atomic E-state index is 5.41. The highest BCUT2D eigenvalue weighted by molar-refractivity contribution is 5.77. The number of methoxy groups -OCH3 is 1. The fourth-order valence-electron chi connectivity index (χ4n) is 6.25. The van der Waals surface area contributed by atoms with Crippen LogP contribution in [0, 0.1) is 0 Å². The van der Waals surface area contributed by atoms with E-state index in [0.29, 0.717) is 5.82 Å². The lowest BCUT2D eigenvalue weighted by molar-refractivity contribution is 0.415. The highest BCUT2D eigenvalue weighted by Gasteiger charge is 2.12. The van der Waals surface area contributed by atoms with Gasteiger partial charge >= 0.3 is 0 Å². The Morgan fingerprint density at radius 3 is 0.920 bits per heavy atom. The van der Waals surface area contributed by atoms with Gasteiger partial charge in [0.05, 0.1) is 18.5 Å². The van der Waals surface area contributed by atoms with E-state index in [-0.39, 0.29) is 0 Å². The number of aromatic nitrogens is 2. The second-order valence-electron chi connectivity index (χ2n) is 12.2. The van der Waals surface area contributed by atoms with E-state index < -0.39 is 0 Å². The third-order valence-electron chi connectivity index (χ3n) is 9.09. The molecule has 50 heavy (non-hydrogen) atoms. The summed E-state index contributed by atoms with van der Waals surface area (Å²) < 4.78 is 5.41. The van der Waals surface area contributed by atoms with Gasteiger partial charge in [-0.25, -0.2) is 9.97 Å². The van der Waals surface area contributed by atoms with Crippen molar-refractivity contribution in [3.05, 3.63) is 188 Å². The van der Waals surface area contributed by atoms with Gasteiger partial charge in [-0.2, -0.15) is 0 Å². The minimum Gasteiger partial charge on any atom is -0.497 e. The zero-order valence-electron chi connectivity index (χ0n) is 27.7. The number of rotatable bonds is 8. The quantitative estimate of drug-likeness (QED) is 0.165. The molecular formula is C47H34N2O. The highest BCUT2D eigenvalue weighted by atomic mass is 16.5. The molecule has 0 saturated heterocycles. The molecule has 0 N–H and O–H groups in total. The minimum absolute atomic E-state index is 0.680. The molecule has 0 radical (unpaired) electrons. The van der Waals surface area contributed by atoms with Crippen molar-refractivity contribution in [3.63, 3.8) is 0 Å². The smallest absolute Gasteiger partial charge is 0.160 e. The Morgan fingerprint density at radius 1 is 0.300 bits per heavy atom. The molecule has 3 nitrogen and oxygen atoms in total. The van der Waals surface area contributed by atoms with Crippen molar-refractivity contribution >= 4 is 0 Å². The number of hydrogen-bond acceptors (Lipinski definition) is 3. The standard InChI is InChI=1S/C47H34N2O/c1-50-44-30-28-42(29-31-44)46-32-45(41-24-20-39(21-25-41)37-16-12-35(13-17-37)33-8-4-2-5-9-33)48-47(49-46)43-26-22-40(23-27-43)38-18-14-36(15-19-38)34-10-6-3-7-11-34/h2-32H,1H3. The lowest BCUT2D eigenvalue weighted by atomic mass is 9.98. The van der Waals surface area contributed by atoms with Crippen LogP contribution in [0.5, 0.6) is 5.75 Å². The molecular weight excluding hydrogens is 609 g/mol. The minimum atomic E-state index is 0.680. The van der Waals surface area contributed by atoms with E-state index in [9.17, 15) is 0 Å². The van der Waals surface area contributed by atoms with Crippen LogP contribution in [0.25, 0.3) is 78.4 Å². The average molecular weight is 643 g/mol. The Bertz CT molecular complexity index is 2190. The fourth-order valence-corrected chi connectivity index (χ4v) is 6.25. The summed E-state index contributed by atoms with van der Waals surface area (Å²) >= 11 is 0. The molecule has 0 spiro atoms. The van der Waals surface area contributed by atoms with Crippen LogP contribution >= 0.6 is 0 Å². The van der Waals surface area contributed by atoms with Crippen LogP contribution in [0.1, 0.15) is 0 Å². The summed E-state index contributed by atoms with van der Waals surface area (Å²) in [6.45, 7) is 0. The van der Waals surface area contributed by atoms with Gasteiger partial charge in [0, 0.05) is 16.7 Å². The molecule has 8 aromatic rings. The van der Waals surface area contributed by atoms with Crippen LogP contribution in [0.2, 0.25) is 0 Å². The Labute approximate surface area is 293 Å². The van der Waals surface area contributed by atoms with Crippen LogP contribution in [0.3, 0.4) is 0 Å². The molecule has 0 bridgehead atoms. The number of hydrogen-bond donors (Lipinski definition) is 0. The van der Waals surface area contributed by atoms with Crippen LogP contribution < -0.4 is 4.74 Å². The predicted octanol–water partition coefficient (Wildman–Crippen LogP) is 12.2. The van der Waals surface area contributed by atoms with E-state index in [1.165, 1.54) is 33.4 Å². The van der Waals surface area contributed by atoms with E-state index in [1.54, 1.807) is 7.11 Å². The fraction of sp³-hybridized carbons (Fsp3) is 0.0213. The molecule has 0 atom stereocenters. The van der Waals surface area contributed by atoms with Crippen LogP contribution in [-0.2, 0) is 0 Å². The summed E-state index contributed by atoms with van der Waals surface area (Å²) in [5.74, 6) is 1.49. The van der Waals surface area contributed by atoms with E-state index in [2.05, 4.69) is 152 Å². The van der Waals surface area contributed by atoms with Crippen LogP contribution in [0.15, 0.2) is 188 Å². The molecule has 8 rings (SSSR count). The Morgan fingerprint density at radius 2 is 0.580 bits per heavy atom. The van der Waals surface area contributed by atoms with E-state index in [1.807, 2.05) is 36.4 Å². The van der Waals surface area contributed by atoms with E-state index in [4.69, 9.17) is 14.7 Å². The summed E-state index contributed by atoms with van der Waals surface area (Å²) in [5.41, 5.74) is 14.2. The summed E-state index contributed by atoms with van der Waals surface area (Å²) in [6.07, 6.45) is 0. The third-order valence-corrected chi connectivity index (χ3v) is 9.09. The summed E-state index contributed by atoms with van der Waals surface area (Å²) in [7, 11) is 1.68. The average Bonchev–Trinajstić information content (AvgIpc) is 3.21. The van der Waals surface area contributed by atoms with Crippen molar-refractivity contribution in [2.75, 3.05) is 7.11 Å². The lowest BCUT2D eigenvalue weighted by Crippen LogP contribution is -1.96. The maximum absolute atomic E-state index is 5.41. The summed E-state index contributed by atoms with van der Waals surface area (Å²) in [5, 5.41) is 0. The first-order valence-electron chi connectivity index (χ1n) is 16.8. The summed E-state index contributed by atoms with van der Waals surface area (Å²) in [6, 6.07) is 65.6. The van der Waals surface area contributed by atoms with Crippen LogP contribution in [0.4, 0.5) is 0 Å². The molecule has 0 fully saturated rings. The van der Waals surface area contributed by atoms with Gasteiger partial charge < -0.3 is 4.74 Å². The van der Waals surface area contributed by atoms with Gasteiger partial charge in [-0.1, -0.05) is 158 Å². The Balaban J connectivity index is 1.10. The first-order chi connectivity index (χ1) is 24.7. The number of benzene rings is 7. The Kier molecular flexibility index (Phi) is 8.53. The zero-order valence-corrected chi connectivity index (χ0v) is 27.7. The predicted molar refractivity (Wildman–Crippen MR) is 207 cm³/mol. The van der Waals surface area contributed by atoms with Crippen molar-refractivity contribution in [3.8, 4) is 84.2 Å². The molecule has 0 aliphatic carbocycles. The van der Waals surface area contributed by atoms with Gasteiger partial charge in [-0.15, -0.1) is 0 Å². The molecule has 0 amide bonds. The van der Waals surface area contributed by atoms with Gasteiger partial charge in [0.1, 0.15) is 5.75 Å². The molecule has 7 aromatic carbocycles. The monoisotopic (exact) mass is 642 g/mol. The molecule has 238 valence electrons. The lowest BCUT2D eigenvalue weighted by Gasteiger charge is -2.11. The first kappa shape index (κ1) is 30.7. The molecule has 0 aliphatic rings. The molecule has 1 heterocycles. The van der Waals surface area contributed by atoms with Gasteiger partial charge in [0.2, 0.25) is 0 Å². The SMILES string of the molecule is COc1ccc(-c2cc(-c3ccc(-c4ccc(-c5ccccc5)cc4)cc3)nc(-c3ccc(-c4ccc(-c5ccccc5)cc4)cc3)n2)cc1. The number of ether oxygens (including phenoxy) is 1. The zero-order chi connectivity index (χ0) is 33.7. The van der Waals surface area contributed by atoms with Gasteiger partial charge in [0.25, 0.3) is 0 Å². The molecule has 0 saturated carbocycles. The number of nitrogens with zero attached hydrogens (tertiary/aromatic N) is 2. The van der Waals surface area contributed by atoms with Gasteiger partial charge in [-0.05, 0) is 74.8 Å². The molecule has 3 heteroatoms. The van der Waals surface area contributed by atoms with E-state index >= 15 is 0 Å². The molecule has 1 aromatic heterocycles. The van der Waals surface area contributed by atoms with Crippen molar-refractivity contribution in [1.82, 2.24) is 9.97 Å². The molecule has 0 aliphatic heterocycles.